The summed E-state index contributed by atoms with van der Waals surface area (Å²) in [5, 5.41) is 4.47. The molecule has 3 heterocycles. The lowest BCUT2D eigenvalue weighted by Crippen LogP contribution is -2.36. The molecule has 9 heteroatoms. The van der Waals surface area contributed by atoms with Gasteiger partial charge in [0.2, 0.25) is 0 Å². The van der Waals surface area contributed by atoms with E-state index in [0.29, 0.717) is 27.2 Å². The molecule has 0 atom stereocenters. The fraction of sp³-hybridized carbons (Fsp3) is 0.333. The van der Waals surface area contributed by atoms with Crippen LogP contribution in [0, 0.1) is 0 Å². The summed E-state index contributed by atoms with van der Waals surface area (Å²) in [6.07, 6.45) is 2.72. The minimum absolute atomic E-state index is 0.157. The van der Waals surface area contributed by atoms with E-state index in [-0.39, 0.29) is 11.7 Å². The summed E-state index contributed by atoms with van der Waals surface area (Å²) < 4.78 is 18.7. The molecule has 27 heavy (non-hydrogen) atoms. The Bertz CT molecular complexity index is 963. The Kier molecular flexibility index (Phi) is 5.39. The largest absolute Gasteiger partial charge is 0.493 e. The van der Waals surface area contributed by atoms with Crippen molar-refractivity contribution in [3.8, 4) is 5.75 Å². The molecule has 0 aliphatic rings. The van der Waals surface area contributed by atoms with E-state index >= 15 is 0 Å². The zero-order chi connectivity index (χ0) is 19.8. The molecule has 0 fully saturated rings. The van der Waals surface area contributed by atoms with Gasteiger partial charge in [0.05, 0.1) is 30.1 Å². The van der Waals surface area contributed by atoms with Crippen LogP contribution in [0.15, 0.2) is 39.5 Å². The number of rotatable bonds is 4. The summed E-state index contributed by atoms with van der Waals surface area (Å²) in [5.41, 5.74) is 0.396. The maximum atomic E-state index is 13.0. The van der Waals surface area contributed by atoms with E-state index in [1.165, 1.54) is 4.90 Å². The predicted octanol–water partition coefficient (Wildman–Crippen LogP) is 5.29. The average molecular weight is 457 g/mol. The first-order valence-corrected chi connectivity index (χ1v) is 9.31. The Morgan fingerprint density at radius 1 is 1.44 bits per heavy atom. The summed E-state index contributed by atoms with van der Waals surface area (Å²) in [5.74, 6) is 1.12. The van der Waals surface area contributed by atoms with Crippen LogP contribution in [0.5, 0.6) is 5.75 Å². The number of hydrogen-bond donors (Lipinski definition) is 0. The number of anilines is 1. The van der Waals surface area contributed by atoms with Gasteiger partial charge in [-0.05, 0) is 48.8 Å². The number of halogens is 2. The molecular formula is C18H19BrClN3O4. The van der Waals surface area contributed by atoms with E-state index in [2.05, 4.69) is 21.0 Å². The summed E-state index contributed by atoms with van der Waals surface area (Å²) in [7, 11) is 1.54. The number of fused-ring (bicyclic) bond motifs is 1. The highest BCUT2D eigenvalue weighted by molar-refractivity contribution is 9.10. The topological polar surface area (TPSA) is 69.2 Å². The molecule has 0 spiro atoms. The fourth-order valence-corrected chi connectivity index (χ4v) is 3.33. The van der Waals surface area contributed by atoms with E-state index in [4.69, 9.17) is 25.5 Å². The number of nitrogens with zero attached hydrogens (tertiary/aromatic N) is 3. The Hall–Kier alpha value is -2.19. The van der Waals surface area contributed by atoms with Crippen molar-refractivity contribution < 1.29 is 18.7 Å². The standard InChI is InChI=1S/C18H19BrClN3O4/c1-18(2,3)27-17(24)22(9-11-6-5-7-26-11)13-8-14(20)21-23-10-12(19)16(25-4)15(13)23/h5-8,10H,9H2,1-4H3. The van der Waals surface area contributed by atoms with Crippen LogP contribution in [-0.4, -0.2) is 28.4 Å². The van der Waals surface area contributed by atoms with E-state index in [9.17, 15) is 4.79 Å². The summed E-state index contributed by atoms with van der Waals surface area (Å²) in [4.78, 5) is 14.4. The zero-order valence-electron chi connectivity index (χ0n) is 15.3. The van der Waals surface area contributed by atoms with Crippen molar-refractivity contribution in [3.05, 3.63) is 46.0 Å². The number of aromatic nitrogens is 2. The highest BCUT2D eigenvalue weighted by atomic mass is 79.9. The zero-order valence-corrected chi connectivity index (χ0v) is 17.7. The molecule has 0 saturated carbocycles. The number of carbonyl (C=O) groups is 1. The quantitative estimate of drug-likeness (QED) is 0.533. The van der Waals surface area contributed by atoms with Crippen molar-refractivity contribution in [3.63, 3.8) is 0 Å². The number of ether oxygens (including phenoxy) is 2. The van der Waals surface area contributed by atoms with Crippen molar-refractivity contribution in [1.82, 2.24) is 9.61 Å². The van der Waals surface area contributed by atoms with Gasteiger partial charge in [-0.15, -0.1) is 0 Å². The molecule has 0 unspecified atom stereocenters. The summed E-state index contributed by atoms with van der Waals surface area (Å²) >= 11 is 9.64. The minimum atomic E-state index is -0.668. The predicted molar refractivity (Wildman–Crippen MR) is 106 cm³/mol. The molecule has 0 aromatic carbocycles. The molecule has 0 saturated heterocycles. The van der Waals surface area contributed by atoms with Gasteiger partial charge in [-0.2, -0.15) is 5.10 Å². The van der Waals surface area contributed by atoms with Crippen molar-refractivity contribution >= 4 is 44.8 Å². The number of amides is 1. The molecule has 0 aliphatic carbocycles. The van der Waals surface area contributed by atoms with Crippen LogP contribution in [-0.2, 0) is 11.3 Å². The van der Waals surface area contributed by atoms with Crippen LogP contribution in [0.3, 0.4) is 0 Å². The number of furan rings is 1. The van der Waals surface area contributed by atoms with Crippen LogP contribution in [0.4, 0.5) is 10.5 Å². The monoisotopic (exact) mass is 455 g/mol. The third kappa shape index (κ3) is 4.22. The molecule has 0 radical (unpaired) electrons. The molecular weight excluding hydrogens is 438 g/mol. The van der Waals surface area contributed by atoms with Crippen molar-refractivity contribution in [1.29, 1.82) is 0 Å². The minimum Gasteiger partial charge on any atom is -0.493 e. The lowest BCUT2D eigenvalue weighted by molar-refractivity contribution is 0.0575. The second-order valence-corrected chi connectivity index (χ2v) is 8.04. The van der Waals surface area contributed by atoms with Crippen LogP contribution in [0.25, 0.3) is 5.52 Å². The van der Waals surface area contributed by atoms with Gasteiger partial charge in [-0.1, -0.05) is 11.6 Å². The first-order chi connectivity index (χ1) is 12.7. The Morgan fingerprint density at radius 2 is 2.19 bits per heavy atom. The van der Waals surface area contributed by atoms with Gasteiger partial charge in [-0.25, -0.2) is 9.31 Å². The first kappa shape index (κ1) is 19.6. The van der Waals surface area contributed by atoms with Gasteiger partial charge in [0.25, 0.3) is 0 Å². The van der Waals surface area contributed by atoms with Crippen LogP contribution >= 0.6 is 27.5 Å². The molecule has 0 aliphatic heterocycles. The third-order valence-corrected chi connectivity index (χ3v) is 4.35. The van der Waals surface area contributed by atoms with Gasteiger partial charge in [0, 0.05) is 12.3 Å². The van der Waals surface area contributed by atoms with Crippen molar-refractivity contribution in [2.75, 3.05) is 12.0 Å². The summed E-state index contributed by atoms with van der Waals surface area (Å²) in [6.45, 7) is 5.57. The smallest absolute Gasteiger partial charge is 0.415 e. The van der Waals surface area contributed by atoms with Gasteiger partial charge in [0.15, 0.2) is 10.9 Å². The van der Waals surface area contributed by atoms with E-state index in [1.807, 2.05) is 0 Å². The number of methoxy groups -OCH3 is 1. The third-order valence-electron chi connectivity index (χ3n) is 3.60. The molecule has 144 valence electrons. The molecule has 3 aromatic rings. The maximum Gasteiger partial charge on any atom is 0.415 e. The van der Waals surface area contributed by atoms with E-state index in [1.54, 1.807) is 63.1 Å². The van der Waals surface area contributed by atoms with Gasteiger partial charge in [-0.3, -0.25) is 4.90 Å². The molecule has 0 bridgehead atoms. The second-order valence-electron chi connectivity index (χ2n) is 6.80. The molecule has 0 N–H and O–H groups in total. The van der Waals surface area contributed by atoms with Crippen molar-refractivity contribution in [2.24, 2.45) is 0 Å². The highest BCUT2D eigenvalue weighted by Gasteiger charge is 2.28. The highest BCUT2D eigenvalue weighted by Crippen LogP contribution is 2.39. The van der Waals surface area contributed by atoms with Crippen molar-refractivity contribution in [2.45, 2.75) is 32.9 Å². The maximum absolute atomic E-state index is 13.0. The molecule has 3 rings (SSSR count). The van der Waals surface area contributed by atoms with Crippen LogP contribution < -0.4 is 9.64 Å². The first-order valence-electron chi connectivity index (χ1n) is 8.14. The number of hydrogen-bond acceptors (Lipinski definition) is 5. The second kappa shape index (κ2) is 7.44. The van der Waals surface area contributed by atoms with Gasteiger partial charge in [0.1, 0.15) is 16.9 Å². The van der Waals surface area contributed by atoms with E-state index in [0.717, 1.165) is 0 Å². The lowest BCUT2D eigenvalue weighted by atomic mass is 10.2. The van der Waals surface area contributed by atoms with Crippen LogP contribution in [0.1, 0.15) is 26.5 Å². The molecule has 7 nitrogen and oxygen atoms in total. The Morgan fingerprint density at radius 3 is 2.78 bits per heavy atom. The average Bonchev–Trinajstić information content (AvgIpc) is 3.16. The SMILES string of the molecule is COc1c(Br)cn2nc(Cl)cc(N(Cc3ccco3)C(=O)OC(C)(C)C)c12. The summed E-state index contributed by atoms with van der Waals surface area (Å²) in [6, 6.07) is 5.13. The Labute approximate surface area is 169 Å². The van der Waals surface area contributed by atoms with E-state index < -0.39 is 11.7 Å². The van der Waals surface area contributed by atoms with Gasteiger partial charge < -0.3 is 13.9 Å². The fourth-order valence-electron chi connectivity index (χ4n) is 2.60. The molecule has 1 amide bonds. The normalized spacial score (nSPS) is 11.6. The molecule has 3 aromatic heterocycles. The Balaban J connectivity index is 2.17. The van der Waals surface area contributed by atoms with Gasteiger partial charge >= 0.3 is 6.09 Å². The number of carbonyl (C=O) groups excluding carboxylic acids is 1. The lowest BCUT2D eigenvalue weighted by Gasteiger charge is -2.27. The van der Waals surface area contributed by atoms with Crippen LogP contribution in [0.2, 0.25) is 5.15 Å².